The molecule has 0 bridgehead atoms. The minimum absolute atomic E-state index is 0.109. The van der Waals surface area contributed by atoms with E-state index in [1.165, 1.54) is 23.5 Å². The lowest BCUT2D eigenvalue weighted by molar-refractivity contribution is 0.102. The standard InChI is InChI=1S/C23H24FN5O2S/c1-14-7-8-15(2)19(13-14)26-23(31)29-11-9-16(10-12-29)21-27-28-22(32-21)20(30)25-18-6-4-3-5-17(18)24/h3-8,13,16H,9-12H2,1-2H3,(H,25,30)(H,26,31). The second kappa shape index (κ2) is 9.44. The molecule has 4 rings (SSSR count). The van der Waals surface area contributed by atoms with Gasteiger partial charge in [0.15, 0.2) is 0 Å². The van der Waals surface area contributed by atoms with Crippen LogP contribution in [0.2, 0.25) is 0 Å². The topological polar surface area (TPSA) is 87.2 Å². The zero-order valence-corrected chi connectivity index (χ0v) is 18.7. The van der Waals surface area contributed by atoms with Crippen molar-refractivity contribution in [1.82, 2.24) is 15.1 Å². The van der Waals surface area contributed by atoms with Gasteiger partial charge < -0.3 is 15.5 Å². The van der Waals surface area contributed by atoms with Gasteiger partial charge in [0.25, 0.3) is 5.91 Å². The molecule has 0 spiro atoms. The second-order valence-electron chi connectivity index (χ2n) is 7.89. The van der Waals surface area contributed by atoms with E-state index >= 15 is 0 Å². The fourth-order valence-electron chi connectivity index (χ4n) is 3.62. The van der Waals surface area contributed by atoms with Crippen molar-refractivity contribution in [3.8, 4) is 0 Å². The van der Waals surface area contributed by atoms with Crippen LogP contribution in [0, 0.1) is 19.7 Å². The molecule has 32 heavy (non-hydrogen) atoms. The van der Waals surface area contributed by atoms with E-state index in [-0.39, 0.29) is 22.6 Å². The fraction of sp³-hybridized carbons (Fsp3) is 0.304. The lowest BCUT2D eigenvalue weighted by Gasteiger charge is -2.31. The maximum atomic E-state index is 13.8. The highest BCUT2D eigenvalue weighted by atomic mass is 32.1. The summed E-state index contributed by atoms with van der Waals surface area (Å²) in [7, 11) is 0. The fourth-order valence-corrected chi connectivity index (χ4v) is 4.53. The Bertz CT molecular complexity index is 1140. The summed E-state index contributed by atoms with van der Waals surface area (Å²) in [6.07, 6.45) is 1.48. The molecule has 2 heterocycles. The summed E-state index contributed by atoms with van der Waals surface area (Å²) in [4.78, 5) is 26.9. The van der Waals surface area contributed by atoms with Crippen LogP contribution in [-0.2, 0) is 0 Å². The van der Waals surface area contributed by atoms with Crippen LogP contribution < -0.4 is 10.6 Å². The third kappa shape index (κ3) is 4.94. The number of halogens is 1. The minimum atomic E-state index is -0.503. The molecule has 0 aliphatic carbocycles. The summed E-state index contributed by atoms with van der Waals surface area (Å²) < 4.78 is 13.8. The van der Waals surface area contributed by atoms with Crippen molar-refractivity contribution < 1.29 is 14.0 Å². The van der Waals surface area contributed by atoms with E-state index in [9.17, 15) is 14.0 Å². The first kappa shape index (κ1) is 21.9. The summed E-state index contributed by atoms with van der Waals surface area (Å²) in [5.41, 5.74) is 3.05. The average Bonchev–Trinajstić information content (AvgIpc) is 3.28. The van der Waals surface area contributed by atoms with Gasteiger partial charge in [-0.05, 0) is 56.0 Å². The predicted octanol–water partition coefficient (Wildman–Crippen LogP) is 4.96. The van der Waals surface area contributed by atoms with E-state index in [4.69, 9.17) is 0 Å². The Kier molecular flexibility index (Phi) is 6.45. The smallest absolute Gasteiger partial charge is 0.321 e. The van der Waals surface area contributed by atoms with Gasteiger partial charge in [0.05, 0.1) is 5.69 Å². The molecule has 3 amide bonds. The zero-order valence-electron chi connectivity index (χ0n) is 17.9. The van der Waals surface area contributed by atoms with Crippen molar-refractivity contribution >= 4 is 34.6 Å². The van der Waals surface area contributed by atoms with Gasteiger partial charge in [-0.3, -0.25) is 4.79 Å². The number of aryl methyl sites for hydroxylation is 2. The van der Waals surface area contributed by atoms with Crippen LogP contribution in [-0.4, -0.2) is 40.1 Å². The third-order valence-electron chi connectivity index (χ3n) is 5.52. The molecule has 166 valence electrons. The van der Waals surface area contributed by atoms with E-state index in [1.54, 1.807) is 17.0 Å². The van der Waals surface area contributed by atoms with Crippen molar-refractivity contribution in [2.75, 3.05) is 23.7 Å². The maximum absolute atomic E-state index is 13.8. The number of aromatic nitrogens is 2. The van der Waals surface area contributed by atoms with E-state index < -0.39 is 11.7 Å². The van der Waals surface area contributed by atoms with Crippen LogP contribution in [0.15, 0.2) is 42.5 Å². The maximum Gasteiger partial charge on any atom is 0.321 e. The molecule has 1 aromatic heterocycles. The number of nitrogens with zero attached hydrogens (tertiary/aromatic N) is 3. The normalized spacial score (nSPS) is 14.3. The molecule has 9 heteroatoms. The number of nitrogens with one attached hydrogen (secondary N) is 2. The first-order valence-corrected chi connectivity index (χ1v) is 11.2. The van der Waals surface area contributed by atoms with Crippen LogP contribution in [0.4, 0.5) is 20.6 Å². The molecule has 1 fully saturated rings. The zero-order chi connectivity index (χ0) is 22.7. The molecule has 1 aliphatic rings. The summed E-state index contributed by atoms with van der Waals surface area (Å²) in [6, 6.07) is 11.8. The molecule has 1 saturated heterocycles. The van der Waals surface area contributed by atoms with Crippen molar-refractivity contribution in [3.05, 3.63) is 69.4 Å². The van der Waals surface area contributed by atoms with Crippen LogP contribution in [0.5, 0.6) is 0 Å². The number of hydrogen-bond acceptors (Lipinski definition) is 5. The summed E-state index contributed by atoms with van der Waals surface area (Å²) >= 11 is 1.21. The van der Waals surface area contributed by atoms with Crippen molar-refractivity contribution in [2.24, 2.45) is 0 Å². The molecule has 0 saturated carbocycles. The molecule has 2 aromatic carbocycles. The molecular weight excluding hydrogens is 429 g/mol. The number of rotatable bonds is 4. The number of amides is 3. The largest absolute Gasteiger partial charge is 0.324 e. The van der Waals surface area contributed by atoms with E-state index in [0.29, 0.717) is 13.1 Å². The van der Waals surface area contributed by atoms with Crippen molar-refractivity contribution in [2.45, 2.75) is 32.6 Å². The second-order valence-corrected chi connectivity index (χ2v) is 8.90. The SMILES string of the molecule is Cc1ccc(C)c(NC(=O)N2CCC(c3nnc(C(=O)Nc4ccccc4F)s3)CC2)c1. The van der Waals surface area contributed by atoms with Gasteiger partial charge in [0.2, 0.25) is 5.01 Å². The van der Waals surface area contributed by atoms with E-state index in [1.807, 2.05) is 32.0 Å². The lowest BCUT2D eigenvalue weighted by Crippen LogP contribution is -2.40. The Morgan fingerprint density at radius 2 is 1.78 bits per heavy atom. The van der Waals surface area contributed by atoms with Gasteiger partial charge in [-0.2, -0.15) is 0 Å². The Morgan fingerprint density at radius 3 is 2.53 bits per heavy atom. The molecule has 1 aliphatic heterocycles. The van der Waals surface area contributed by atoms with Gasteiger partial charge >= 0.3 is 6.03 Å². The summed E-state index contributed by atoms with van der Waals surface area (Å²) in [6.45, 7) is 5.15. The number of para-hydroxylation sites is 1. The molecule has 2 N–H and O–H groups in total. The first-order valence-electron chi connectivity index (χ1n) is 10.4. The Labute approximate surface area is 189 Å². The van der Waals surface area contributed by atoms with Crippen LogP contribution in [0.1, 0.15) is 44.7 Å². The third-order valence-corrected chi connectivity index (χ3v) is 6.61. The predicted molar refractivity (Wildman–Crippen MR) is 123 cm³/mol. The van der Waals surface area contributed by atoms with Gasteiger partial charge in [0, 0.05) is 24.7 Å². The van der Waals surface area contributed by atoms with Crippen LogP contribution >= 0.6 is 11.3 Å². The van der Waals surface area contributed by atoms with Crippen LogP contribution in [0.25, 0.3) is 0 Å². The summed E-state index contributed by atoms with van der Waals surface area (Å²) in [5.74, 6) is -0.853. The number of carbonyl (C=O) groups excluding carboxylic acids is 2. The highest BCUT2D eigenvalue weighted by Gasteiger charge is 2.27. The molecule has 7 nitrogen and oxygen atoms in total. The Hall–Kier alpha value is -3.33. The number of benzene rings is 2. The molecule has 0 atom stereocenters. The molecule has 0 radical (unpaired) electrons. The van der Waals surface area contributed by atoms with Gasteiger partial charge in [-0.15, -0.1) is 10.2 Å². The van der Waals surface area contributed by atoms with Gasteiger partial charge in [-0.25, -0.2) is 9.18 Å². The van der Waals surface area contributed by atoms with E-state index in [2.05, 4.69) is 20.8 Å². The number of hydrogen-bond donors (Lipinski definition) is 2. The number of urea groups is 1. The molecule has 0 unspecified atom stereocenters. The highest BCUT2D eigenvalue weighted by Crippen LogP contribution is 2.31. The Balaban J connectivity index is 1.33. The minimum Gasteiger partial charge on any atom is -0.324 e. The molecular formula is C23H24FN5O2S. The van der Waals surface area contributed by atoms with Crippen molar-refractivity contribution in [3.63, 3.8) is 0 Å². The number of anilines is 2. The molecule has 3 aromatic rings. The van der Waals surface area contributed by atoms with E-state index in [0.717, 1.165) is 34.7 Å². The number of likely N-dealkylation sites (tertiary alicyclic amines) is 1. The quantitative estimate of drug-likeness (QED) is 0.585. The van der Waals surface area contributed by atoms with Gasteiger partial charge in [-0.1, -0.05) is 35.6 Å². The average molecular weight is 454 g/mol. The van der Waals surface area contributed by atoms with Crippen LogP contribution in [0.3, 0.4) is 0 Å². The van der Waals surface area contributed by atoms with Gasteiger partial charge in [0.1, 0.15) is 10.8 Å². The highest BCUT2D eigenvalue weighted by molar-refractivity contribution is 7.13. The Morgan fingerprint density at radius 1 is 1.03 bits per heavy atom. The monoisotopic (exact) mass is 453 g/mol. The first-order chi connectivity index (χ1) is 15.4. The number of piperidine rings is 1. The number of carbonyl (C=O) groups is 2. The summed E-state index contributed by atoms with van der Waals surface area (Å²) in [5, 5.41) is 14.6. The lowest BCUT2D eigenvalue weighted by atomic mass is 9.98. The van der Waals surface area contributed by atoms with Crippen molar-refractivity contribution in [1.29, 1.82) is 0 Å².